The molecule has 0 saturated heterocycles. The molecule has 0 aromatic heterocycles. The normalized spacial score (nSPS) is 17.1. The lowest BCUT2D eigenvalue weighted by Crippen LogP contribution is -2.35. The Bertz CT molecular complexity index is 985. The second kappa shape index (κ2) is 5.34. The minimum atomic E-state index is -0.452. The molecule has 1 heterocycles. The van der Waals surface area contributed by atoms with Crippen LogP contribution in [-0.2, 0) is 6.42 Å². The van der Waals surface area contributed by atoms with Gasteiger partial charge in [-0.05, 0) is 57.4 Å². The number of fused-ring (bicyclic) bond motifs is 4. The Balaban J connectivity index is 2.05. The van der Waals surface area contributed by atoms with Gasteiger partial charge in [-0.15, -0.1) is 0 Å². The summed E-state index contributed by atoms with van der Waals surface area (Å²) in [6, 6.07) is 4.75. The molecule has 5 heteroatoms. The first kappa shape index (κ1) is 16.6. The molecule has 1 aliphatic carbocycles. The van der Waals surface area contributed by atoms with Crippen molar-refractivity contribution in [3.05, 3.63) is 51.6 Å². The highest BCUT2D eigenvalue weighted by molar-refractivity contribution is 6.30. The molecule has 0 radical (unpaired) electrons. The minimum absolute atomic E-state index is 0.0486. The monoisotopic (exact) mass is 352 g/mol. The van der Waals surface area contributed by atoms with Crippen molar-refractivity contribution in [2.45, 2.75) is 39.2 Å². The number of methoxy groups -OCH3 is 1. The van der Waals surface area contributed by atoms with Gasteiger partial charge < -0.3 is 14.6 Å². The Labute approximate surface area is 151 Å². The van der Waals surface area contributed by atoms with Crippen LogP contribution in [0.25, 0.3) is 0 Å². The molecule has 0 spiro atoms. The summed E-state index contributed by atoms with van der Waals surface area (Å²) in [7, 11) is 1.54. The van der Waals surface area contributed by atoms with Crippen molar-refractivity contribution in [3.8, 4) is 17.2 Å². The average Bonchev–Trinajstić information content (AvgIpc) is 2.56. The molecule has 0 atom stereocenters. The quantitative estimate of drug-likeness (QED) is 0.724. The second-order valence-corrected chi connectivity index (χ2v) is 7.54. The Morgan fingerprint density at radius 3 is 2.46 bits per heavy atom. The third-order valence-electron chi connectivity index (χ3n) is 5.12. The summed E-state index contributed by atoms with van der Waals surface area (Å²) in [5.74, 6) is 0.0873. The smallest absolute Gasteiger partial charge is 0.201 e. The molecule has 5 nitrogen and oxygen atoms in total. The molecule has 0 unspecified atom stereocenters. The van der Waals surface area contributed by atoms with Crippen molar-refractivity contribution in [2.24, 2.45) is 0 Å². The van der Waals surface area contributed by atoms with E-state index >= 15 is 0 Å². The predicted molar refractivity (Wildman–Crippen MR) is 95.7 cm³/mol. The summed E-state index contributed by atoms with van der Waals surface area (Å²) in [5.41, 5.74) is 1.82. The molecule has 4 rings (SSSR count). The van der Waals surface area contributed by atoms with Gasteiger partial charge in [-0.1, -0.05) is 0 Å². The van der Waals surface area contributed by atoms with Gasteiger partial charge in [0.1, 0.15) is 22.8 Å². The second-order valence-electron chi connectivity index (χ2n) is 7.54. The number of ketones is 2. The van der Waals surface area contributed by atoms with Gasteiger partial charge in [0.05, 0.1) is 18.2 Å². The first-order chi connectivity index (χ1) is 12.2. The lowest BCUT2D eigenvalue weighted by atomic mass is 9.79. The van der Waals surface area contributed by atoms with Gasteiger partial charge in [0.15, 0.2) is 5.78 Å². The number of rotatable bonds is 1. The van der Waals surface area contributed by atoms with Crippen LogP contribution in [0.2, 0.25) is 0 Å². The molecule has 2 aromatic carbocycles. The zero-order valence-electron chi connectivity index (χ0n) is 15.2. The van der Waals surface area contributed by atoms with E-state index in [-0.39, 0.29) is 39.6 Å². The summed E-state index contributed by atoms with van der Waals surface area (Å²) >= 11 is 0. The fourth-order valence-electron chi connectivity index (χ4n) is 3.82. The topological polar surface area (TPSA) is 72.8 Å². The molecular weight excluding hydrogens is 332 g/mol. The van der Waals surface area contributed by atoms with E-state index in [4.69, 9.17) is 9.47 Å². The summed E-state index contributed by atoms with van der Waals surface area (Å²) in [6.45, 7) is 5.67. The van der Waals surface area contributed by atoms with Crippen LogP contribution >= 0.6 is 0 Å². The first-order valence-corrected chi connectivity index (χ1v) is 8.59. The first-order valence-electron chi connectivity index (χ1n) is 8.59. The van der Waals surface area contributed by atoms with Gasteiger partial charge in [-0.25, -0.2) is 0 Å². The Morgan fingerprint density at radius 1 is 1.08 bits per heavy atom. The fraction of sp³-hybridized carbons (Fsp3) is 0.333. The lowest BCUT2D eigenvalue weighted by molar-refractivity contribution is 0.0791. The van der Waals surface area contributed by atoms with Crippen molar-refractivity contribution in [2.75, 3.05) is 7.11 Å². The number of ether oxygens (including phenoxy) is 2. The summed E-state index contributed by atoms with van der Waals surface area (Å²) < 4.78 is 11.6. The van der Waals surface area contributed by atoms with Crippen LogP contribution in [0.5, 0.6) is 17.2 Å². The standard InChI is InChI=1S/C21H20O5/c1-10-7-12-16(14(22)8-10)19(24)17-13(18(12)23)9-15(25-4)11-5-6-21(2,3)26-20(11)17/h7-9,22H,5-6H2,1-4H3. The van der Waals surface area contributed by atoms with Crippen LogP contribution in [-0.4, -0.2) is 29.4 Å². The number of carbonyl (C=O) groups excluding carboxylic acids is 2. The van der Waals surface area contributed by atoms with Crippen LogP contribution in [0.4, 0.5) is 0 Å². The maximum Gasteiger partial charge on any atom is 0.201 e. The Morgan fingerprint density at radius 2 is 1.77 bits per heavy atom. The van der Waals surface area contributed by atoms with Crippen LogP contribution in [0.3, 0.4) is 0 Å². The van der Waals surface area contributed by atoms with Crippen molar-refractivity contribution in [1.29, 1.82) is 0 Å². The van der Waals surface area contributed by atoms with E-state index in [1.165, 1.54) is 6.07 Å². The van der Waals surface area contributed by atoms with E-state index in [9.17, 15) is 14.7 Å². The summed E-state index contributed by atoms with van der Waals surface area (Å²) in [5, 5.41) is 10.3. The molecule has 0 saturated carbocycles. The lowest BCUT2D eigenvalue weighted by Gasteiger charge is -2.35. The van der Waals surface area contributed by atoms with E-state index in [0.29, 0.717) is 23.5 Å². The van der Waals surface area contributed by atoms with Gasteiger partial charge >= 0.3 is 0 Å². The summed E-state index contributed by atoms with van der Waals surface area (Å²) in [4.78, 5) is 26.3. The number of phenolic OH excluding ortho intramolecular Hbond substituents is 1. The molecule has 2 aliphatic rings. The van der Waals surface area contributed by atoms with Crippen LogP contribution in [0.15, 0.2) is 18.2 Å². The van der Waals surface area contributed by atoms with Crippen molar-refractivity contribution in [3.63, 3.8) is 0 Å². The van der Waals surface area contributed by atoms with Crippen LogP contribution in [0, 0.1) is 6.92 Å². The molecule has 0 fully saturated rings. The number of carbonyl (C=O) groups is 2. The molecule has 134 valence electrons. The van der Waals surface area contributed by atoms with Gasteiger partial charge in [0.25, 0.3) is 0 Å². The van der Waals surface area contributed by atoms with E-state index in [1.54, 1.807) is 26.2 Å². The number of benzene rings is 2. The van der Waals surface area contributed by atoms with Crippen molar-refractivity contribution in [1.82, 2.24) is 0 Å². The molecule has 0 amide bonds. The van der Waals surface area contributed by atoms with Gasteiger partial charge in [-0.2, -0.15) is 0 Å². The largest absolute Gasteiger partial charge is 0.507 e. The third-order valence-corrected chi connectivity index (χ3v) is 5.12. The number of hydrogen-bond acceptors (Lipinski definition) is 5. The highest BCUT2D eigenvalue weighted by Crippen LogP contribution is 2.46. The Kier molecular flexibility index (Phi) is 3.41. The van der Waals surface area contributed by atoms with E-state index in [2.05, 4.69) is 0 Å². The average molecular weight is 352 g/mol. The van der Waals surface area contributed by atoms with E-state index in [0.717, 1.165) is 12.0 Å². The fourth-order valence-corrected chi connectivity index (χ4v) is 3.82. The molecule has 0 bridgehead atoms. The molecular formula is C21H20O5. The van der Waals surface area contributed by atoms with Gasteiger partial charge in [0.2, 0.25) is 5.78 Å². The maximum absolute atomic E-state index is 13.2. The SMILES string of the molecule is COc1cc2c(c3c1CCC(C)(C)O3)C(=O)c1c(O)cc(C)cc1C2=O. The molecule has 26 heavy (non-hydrogen) atoms. The van der Waals surface area contributed by atoms with Crippen LogP contribution < -0.4 is 9.47 Å². The van der Waals surface area contributed by atoms with Crippen molar-refractivity contribution < 1.29 is 24.2 Å². The number of hydrogen-bond donors (Lipinski definition) is 1. The van der Waals surface area contributed by atoms with Gasteiger partial charge in [0, 0.05) is 16.7 Å². The zero-order valence-corrected chi connectivity index (χ0v) is 15.2. The third kappa shape index (κ3) is 2.23. The molecule has 1 aliphatic heterocycles. The maximum atomic E-state index is 13.2. The predicted octanol–water partition coefficient (Wildman–Crippen LogP) is 3.59. The number of aryl methyl sites for hydroxylation is 1. The van der Waals surface area contributed by atoms with Gasteiger partial charge in [-0.3, -0.25) is 9.59 Å². The van der Waals surface area contributed by atoms with Crippen molar-refractivity contribution >= 4 is 11.6 Å². The molecule has 2 aromatic rings. The minimum Gasteiger partial charge on any atom is -0.507 e. The highest BCUT2D eigenvalue weighted by atomic mass is 16.5. The highest BCUT2D eigenvalue weighted by Gasteiger charge is 2.40. The van der Waals surface area contributed by atoms with E-state index in [1.807, 2.05) is 13.8 Å². The van der Waals surface area contributed by atoms with E-state index < -0.39 is 5.60 Å². The van der Waals surface area contributed by atoms with Crippen LogP contribution in [0.1, 0.15) is 63.2 Å². The summed E-state index contributed by atoms with van der Waals surface area (Å²) in [6.07, 6.45) is 1.46. The molecule has 1 N–H and O–H groups in total. The number of phenols is 1. The zero-order chi connectivity index (χ0) is 18.8. The Hall–Kier alpha value is -2.82. The number of aromatic hydroxyl groups is 1.